The quantitative estimate of drug-likeness (QED) is 0.337. The highest BCUT2D eigenvalue weighted by atomic mass is 35.5. The molecule has 3 heterocycles. The van der Waals surface area contributed by atoms with E-state index in [0.29, 0.717) is 17.9 Å². The molecule has 6 N–H and O–H groups in total. The van der Waals surface area contributed by atoms with Gasteiger partial charge in [-0.05, 0) is 20.8 Å². The molecule has 0 aromatic carbocycles. The predicted octanol–water partition coefficient (Wildman–Crippen LogP) is -4.57. The van der Waals surface area contributed by atoms with Crippen LogP contribution in [-0.4, -0.2) is 54.5 Å². The molecule has 0 spiro atoms. The summed E-state index contributed by atoms with van der Waals surface area (Å²) in [6, 6.07) is -0.503. The number of aliphatic hydroxyl groups is 2. The summed E-state index contributed by atoms with van der Waals surface area (Å²) < 4.78 is 5.98. The van der Waals surface area contributed by atoms with Crippen molar-refractivity contribution in [2.75, 3.05) is 6.61 Å². The third-order valence-corrected chi connectivity index (χ3v) is 4.32. The van der Waals surface area contributed by atoms with Crippen LogP contribution >= 0.6 is 0 Å². The molecule has 1 aliphatic heterocycles. The summed E-state index contributed by atoms with van der Waals surface area (Å²) in [5, 5.41) is 21.3. The van der Waals surface area contributed by atoms with Crippen LogP contribution in [0.2, 0.25) is 0 Å². The van der Waals surface area contributed by atoms with E-state index in [1.807, 2.05) is 26.1 Å². The van der Waals surface area contributed by atoms with E-state index >= 15 is 0 Å². The maximum Gasteiger partial charge on any atom is 0.325 e. The summed E-state index contributed by atoms with van der Waals surface area (Å²) >= 11 is 0. The molecule has 0 amide bonds. The van der Waals surface area contributed by atoms with Crippen molar-refractivity contribution in [1.29, 1.82) is 0 Å². The molecule has 3 atom stereocenters. The fraction of sp³-hybridized carbons (Fsp3) is 0.529. The van der Waals surface area contributed by atoms with E-state index in [1.165, 1.54) is 6.20 Å². The van der Waals surface area contributed by atoms with Crippen molar-refractivity contribution >= 4 is 0 Å². The first-order valence-corrected chi connectivity index (χ1v) is 8.70. The van der Waals surface area contributed by atoms with E-state index in [4.69, 9.17) is 4.74 Å². The van der Waals surface area contributed by atoms with E-state index in [0.717, 1.165) is 0 Å². The molecular weight excluding hydrogens is 390 g/mol. The molecule has 0 radical (unpaired) electrons. The van der Waals surface area contributed by atoms with Gasteiger partial charge >= 0.3 is 5.69 Å². The Kier molecular flexibility index (Phi) is 6.60. The highest BCUT2D eigenvalue weighted by Crippen LogP contribution is 2.30. The number of rotatable bonds is 4. The van der Waals surface area contributed by atoms with E-state index in [1.54, 1.807) is 6.20 Å². The Hall–Kier alpha value is -2.27. The molecular formula is C17H24ClN5O5. The molecule has 0 bridgehead atoms. The number of nitrogens with one attached hydrogen (secondary N) is 2. The van der Waals surface area contributed by atoms with Crippen molar-refractivity contribution in [1.82, 2.24) is 19.9 Å². The summed E-state index contributed by atoms with van der Waals surface area (Å²) in [7, 11) is 0. The zero-order valence-corrected chi connectivity index (χ0v) is 16.5. The Morgan fingerprint density at radius 2 is 2.07 bits per heavy atom. The number of hydrogen-bond acceptors (Lipinski definition) is 7. The number of aliphatic hydroxyl groups excluding tert-OH is 2. The smallest absolute Gasteiger partial charge is 0.325 e. The Balaban J connectivity index is 0.00000280. The molecule has 1 fully saturated rings. The molecule has 1 saturated heterocycles. The van der Waals surface area contributed by atoms with Crippen LogP contribution in [-0.2, 0) is 0 Å². The molecule has 11 heteroatoms. The highest BCUT2D eigenvalue weighted by Gasteiger charge is 2.39. The van der Waals surface area contributed by atoms with Crippen molar-refractivity contribution in [3.05, 3.63) is 38.8 Å². The van der Waals surface area contributed by atoms with Crippen LogP contribution in [0.25, 0.3) is 11.4 Å². The second-order valence-electron chi connectivity index (χ2n) is 7.60. The summed E-state index contributed by atoms with van der Waals surface area (Å²) in [6.07, 6.45) is 2.59. The summed E-state index contributed by atoms with van der Waals surface area (Å²) in [5.41, 5.74) is -0.980. The SMILES string of the molecule is CC(C)(C)Oc1nc(-c2c[nH]c(=O)[nH]c2=O)ncc1C1C[C@H](O)[C@H](CO)[NH2+]1.[Cl-]. The van der Waals surface area contributed by atoms with Gasteiger partial charge in [-0.3, -0.25) is 9.78 Å². The van der Waals surface area contributed by atoms with Crippen LogP contribution in [0.15, 0.2) is 22.0 Å². The van der Waals surface area contributed by atoms with Crippen molar-refractivity contribution < 1.29 is 32.7 Å². The first-order valence-electron chi connectivity index (χ1n) is 8.70. The maximum absolute atomic E-state index is 12.0. The summed E-state index contributed by atoms with van der Waals surface area (Å²) in [6.45, 7) is 5.47. The molecule has 2 aromatic rings. The number of aromatic nitrogens is 4. The second kappa shape index (κ2) is 8.39. The van der Waals surface area contributed by atoms with Gasteiger partial charge in [0.15, 0.2) is 5.82 Å². The highest BCUT2D eigenvalue weighted by molar-refractivity contribution is 5.52. The number of aromatic amines is 2. The average molecular weight is 414 g/mol. The lowest BCUT2D eigenvalue weighted by atomic mass is 10.1. The van der Waals surface area contributed by atoms with Crippen molar-refractivity contribution in [2.45, 2.75) is 51.0 Å². The van der Waals surface area contributed by atoms with Crippen LogP contribution in [0.5, 0.6) is 5.88 Å². The topological polar surface area (TPSA) is 158 Å². The summed E-state index contributed by atoms with van der Waals surface area (Å²) in [4.78, 5) is 36.5. The standard InChI is InChI=1S/C17H23N5O5.ClH/c1-17(2,3)27-15-8(10-4-12(24)11(7-23)20-10)5-18-13(21-15)9-6-19-16(26)22-14(9)25;/h5-6,10-12,20,23-24H,4,7H2,1-3H3,(H2,19,22,25,26);1H/t10?,11-,12-;/m0./s1. The molecule has 154 valence electrons. The first kappa shape index (κ1) is 22.0. The first-order chi connectivity index (χ1) is 12.7. The lowest BCUT2D eigenvalue weighted by molar-refractivity contribution is -0.711. The van der Waals surface area contributed by atoms with Gasteiger partial charge in [-0.1, -0.05) is 0 Å². The van der Waals surface area contributed by atoms with Crippen molar-refractivity contribution in [3.63, 3.8) is 0 Å². The Morgan fingerprint density at radius 1 is 1.36 bits per heavy atom. The third kappa shape index (κ3) is 4.76. The molecule has 10 nitrogen and oxygen atoms in total. The van der Waals surface area contributed by atoms with Gasteiger partial charge in [-0.15, -0.1) is 0 Å². The Labute approximate surface area is 166 Å². The number of quaternary nitrogens is 1. The number of H-pyrrole nitrogens is 2. The molecule has 0 saturated carbocycles. The molecule has 3 rings (SSSR count). The fourth-order valence-corrected chi connectivity index (χ4v) is 3.06. The molecule has 2 aromatic heterocycles. The van der Waals surface area contributed by atoms with Crippen LogP contribution in [0.3, 0.4) is 0 Å². The number of nitrogens with zero attached hydrogens (tertiary/aromatic N) is 2. The van der Waals surface area contributed by atoms with Gasteiger partial charge in [0.2, 0.25) is 5.88 Å². The minimum atomic E-state index is -0.649. The van der Waals surface area contributed by atoms with Gasteiger partial charge in [0.05, 0.1) is 12.2 Å². The zero-order chi connectivity index (χ0) is 19.8. The minimum Gasteiger partial charge on any atom is -1.00 e. The number of nitrogens with two attached hydrogens (primary N) is 1. The van der Waals surface area contributed by atoms with Crippen LogP contribution in [0.1, 0.15) is 38.8 Å². The van der Waals surface area contributed by atoms with E-state index < -0.39 is 23.0 Å². The second-order valence-corrected chi connectivity index (χ2v) is 7.60. The summed E-state index contributed by atoms with van der Waals surface area (Å²) in [5.74, 6) is 0.415. The van der Waals surface area contributed by atoms with Gasteiger partial charge < -0.3 is 37.7 Å². The van der Waals surface area contributed by atoms with Gasteiger partial charge in [0.1, 0.15) is 29.4 Å². The van der Waals surface area contributed by atoms with Crippen LogP contribution in [0, 0.1) is 0 Å². The van der Waals surface area contributed by atoms with Crippen LogP contribution in [0.4, 0.5) is 0 Å². The molecule has 28 heavy (non-hydrogen) atoms. The predicted molar refractivity (Wildman–Crippen MR) is 95.3 cm³/mol. The lowest BCUT2D eigenvalue weighted by Crippen LogP contribution is -3.00. The van der Waals surface area contributed by atoms with E-state index in [2.05, 4.69) is 19.9 Å². The maximum atomic E-state index is 12.0. The number of hydrogen-bond donors (Lipinski definition) is 5. The van der Waals surface area contributed by atoms with Crippen LogP contribution < -0.4 is 33.7 Å². The van der Waals surface area contributed by atoms with E-state index in [9.17, 15) is 19.8 Å². The zero-order valence-electron chi connectivity index (χ0n) is 15.8. The fourth-order valence-electron chi connectivity index (χ4n) is 3.06. The van der Waals surface area contributed by atoms with Gasteiger partial charge in [-0.25, -0.2) is 9.78 Å². The Morgan fingerprint density at radius 3 is 2.64 bits per heavy atom. The minimum absolute atomic E-state index is 0. The Bertz CT molecular complexity index is 939. The lowest BCUT2D eigenvalue weighted by Gasteiger charge is -2.23. The molecule has 1 unspecified atom stereocenters. The number of halogens is 1. The van der Waals surface area contributed by atoms with Gasteiger partial charge in [-0.2, -0.15) is 4.98 Å². The largest absolute Gasteiger partial charge is 1.00 e. The van der Waals surface area contributed by atoms with Crippen molar-refractivity contribution in [2.24, 2.45) is 0 Å². The van der Waals surface area contributed by atoms with E-state index in [-0.39, 0.29) is 42.5 Å². The average Bonchev–Trinajstić information content (AvgIpc) is 2.94. The van der Waals surface area contributed by atoms with Crippen molar-refractivity contribution in [3.8, 4) is 17.3 Å². The normalized spacial score (nSPS) is 22.0. The molecule has 1 aliphatic rings. The monoisotopic (exact) mass is 413 g/mol. The van der Waals surface area contributed by atoms with Gasteiger partial charge in [0.25, 0.3) is 5.56 Å². The van der Waals surface area contributed by atoms with Gasteiger partial charge in [0, 0.05) is 18.8 Å². The molecule has 0 aliphatic carbocycles. The third-order valence-electron chi connectivity index (χ3n) is 4.32. The number of ether oxygens (including phenoxy) is 1.